The first-order valence-corrected chi connectivity index (χ1v) is 7.94. The van der Waals surface area contributed by atoms with Crippen LogP contribution in [0.25, 0.3) is 0 Å². The first kappa shape index (κ1) is 14.3. The molecule has 5 nitrogen and oxygen atoms in total. The molecule has 2 aliphatic rings. The Kier molecular flexibility index (Phi) is 3.83. The average molecular weight is 288 g/mol. The molecule has 0 saturated heterocycles. The summed E-state index contributed by atoms with van der Waals surface area (Å²) >= 11 is 0. The Morgan fingerprint density at radius 3 is 2.71 bits per heavy atom. The Bertz CT molecular complexity index is 543. The number of nitrogens with zero attached hydrogens (tertiary/aromatic N) is 2. The molecule has 0 aromatic carbocycles. The molecule has 2 aliphatic carbocycles. The highest BCUT2D eigenvalue weighted by Gasteiger charge is 2.40. The summed E-state index contributed by atoms with van der Waals surface area (Å²) < 4.78 is 0. The van der Waals surface area contributed by atoms with Gasteiger partial charge in [-0.25, -0.2) is 9.97 Å². The van der Waals surface area contributed by atoms with E-state index in [9.17, 15) is 4.79 Å². The smallest absolute Gasteiger partial charge is 0.272 e. The fraction of sp³-hybridized carbons (Fsp3) is 0.688. The van der Waals surface area contributed by atoms with Crippen LogP contribution in [0.1, 0.15) is 61.8 Å². The molecule has 3 unspecified atom stereocenters. The fourth-order valence-corrected chi connectivity index (χ4v) is 3.69. The van der Waals surface area contributed by atoms with Gasteiger partial charge in [0.05, 0.1) is 11.9 Å². The van der Waals surface area contributed by atoms with E-state index in [2.05, 4.69) is 20.6 Å². The summed E-state index contributed by atoms with van der Waals surface area (Å²) in [5.74, 6) is 2.35. The molecule has 2 saturated carbocycles. The van der Waals surface area contributed by atoms with Crippen molar-refractivity contribution in [3.05, 3.63) is 17.7 Å². The Labute approximate surface area is 125 Å². The van der Waals surface area contributed by atoms with Gasteiger partial charge in [0.15, 0.2) is 5.69 Å². The van der Waals surface area contributed by atoms with E-state index in [0.29, 0.717) is 29.2 Å². The van der Waals surface area contributed by atoms with Crippen molar-refractivity contribution >= 4 is 11.6 Å². The van der Waals surface area contributed by atoms with Gasteiger partial charge in [-0.05, 0) is 31.1 Å². The lowest BCUT2D eigenvalue weighted by Gasteiger charge is -2.23. The zero-order valence-corrected chi connectivity index (χ0v) is 13.0. The van der Waals surface area contributed by atoms with E-state index in [1.165, 1.54) is 19.3 Å². The summed E-state index contributed by atoms with van der Waals surface area (Å²) in [6.07, 6.45) is 6.72. The van der Waals surface area contributed by atoms with Gasteiger partial charge >= 0.3 is 0 Å². The van der Waals surface area contributed by atoms with Crippen LogP contribution >= 0.6 is 0 Å². The summed E-state index contributed by atoms with van der Waals surface area (Å²) in [7, 11) is 1.79. The highest BCUT2D eigenvalue weighted by molar-refractivity contribution is 5.97. The molecule has 0 spiro atoms. The summed E-state index contributed by atoms with van der Waals surface area (Å²) in [6.45, 7) is 4.07. The molecule has 1 heterocycles. The quantitative estimate of drug-likeness (QED) is 0.893. The molecule has 2 bridgehead atoms. The van der Waals surface area contributed by atoms with E-state index in [1.54, 1.807) is 13.2 Å². The highest BCUT2D eigenvalue weighted by Crippen LogP contribution is 2.44. The van der Waals surface area contributed by atoms with Crippen LogP contribution in [0.2, 0.25) is 0 Å². The van der Waals surface area contributed by atoms with Gasteiger partial charge in [-0.3, -0.25) is 4.79 Å². The van der Waals surface area contributed by atoms with Gasteiger partial charge in [-0.1, -0.05) is 20.3 Å². The molecule has 0 aliphatic heterocycles. The Balaban J connectivity index is 1.78. The minimum atomic E-state index is -0.0683. The van der Waals surface area contributed by atoms with Crippen molar-refractivity contribution in [2.24, 2.45) is 11.8 Å². The van der Waals surface area contributed by atoms with Crippen LogP contribution in [-0.4, -0.2) is 29.0 Å². The second-order valence-corrected chi connectivity index (χ2v) is 6.65. The summed E-state index contributed by atoms with van der Waals surface area (Å²) in [4.78, 5) is 21.4. The number of anilines is 1. The molecule has 5 heteroatoms. The van der Waals surface area contributed by atoms with Crippen molar-refractivity contribution < 1.29 is 4.79 Å². The maximum atomic E-state index is 12.6. The number of hydrogen-bond donors (Lipinski definition) is 2. The lowest BCUT2D eigenvalue weighted by atomic mass is 9.95. The molecule has 1 aromatic heterocycles. The lowest BCUT2D eigenvalue weighted by molar-refractivity contribution is 0.0918. The maximum absolute atomic E-state index is 12.6. The maximum Gasteiger partial charge on any atom is 0.272 e. The van der Waals surface area contributed by atoms with E-state index in [0.717, 1.165) is 12.3 Å². The SMILES string of the molecule is CNc1cnc(C(C)C)nc1C(=O)NC1CC2CCC1C2. The van der Waals surface area contributed by atoms with E-state index >= 15 is 0 Å². The van der Waals surface area contributed by atoms with Crippen molar-refractivity contribution in [2.75, 3.05) is 12.4 Å². The average Bonchev–Trinajstić information content (AvgIpc) is 3.08. The van der Waals surface area contributed by atoms with Crippen LogP contribution in [0.4, 0.5) is 5.69 Å². The predicted octanol–water partition coefficient (Wildman–Crippen LogP) is 2.56. The monoisotopic (exact) mass is 288 g/mol. The molecule has 3 rings (SSSR count). The zero-order valence-electron chi connectivity index (χ0n) is 13.0. The highest BCUT2D eigenvalue weighted by atomic mass is 16.2. The summed E-state index contributed by atoms with van der Waals surface area (Å²) in [5.41, 5.74) is 1.17. The van der Waals surface area contributed by atoms with Crippen LogP contribution in [0.3, 0.4) is 0 Å². The molecule has 1 amide bonds. The molecule has 114 valence electrons. The number of nitrogens with one attached hydrogen (secondary N) is 2. The van der Waals surface area contributed by atoms with Gasteiger partial charge in [0.25, 0.3) is 5.91 Å². The number of amides is 1. The minimum absolute atomic E-state index is 0.0683. The number of carbonyl (C=O) groups excluding carboxylic acids is 1. The molecular formula is C16H24N4O. The van der Waals surface area contributed by atoms with Gasteiger partial charge in [0, 0.05) is 19.0 Å². The van der Waals surface area contributed by atoms with Crippen LogP contribution in [0.5, 0.6) is 0 Å². The molecule has 3 atom stereocenters. The van der Waals surface area contributed by atoms with Crippen LogP contribution < -0.4 is 10.6 Å². The van der Waals surface area contributed by atoms with Crippen molar-refractivity contribution in [1.82, 2.24) is 15.3 Å². The van der Waals surface area contributed by atoms with Crippen molar-refractivity contribution in [3.63, 3.8) is 0 Å². The molecule has 0 radical (unpaired) electrons. The molecule has 2 N–H and O–H groups in total. The molecule has 21 heavy (non-hydrogen) atoms. The van der Waals surface area contributed by atoms with Gasteiger partial charge in [0.1, 0.15) is 5.82 Å². The van der Waals surface area contributed by atoms with Crippen LogP contribution in [0.15, 0.2) is 6.20 Å². The molecule has 2 fully saturated rings. The van der Waals surface area contributed by atoms with E-state index in [1.807, 2.05) is 13.8 Å². The van der Waals surface area contributed by atoms with Gasteiger partial charge in [0.2, 0.25) is 0 Å². The normalized spacial score (nSPS) is 27.1. The third-order valence-electron chi connectivity index (χ3n) is 4.86. The summed E-state index contributed by atoms with van der Waals surface area (Å²) in [5, 5.41) is 6.21. The number of carbonyl (C=O) groups is 1. The van der Waals surface area contributed by atoms with Gasteiger partial charge in [-0.2, -0.15) is 0 Å². The molecule has 1 aromatic rings. The van der Waals surface area contributed by atoms with Crippen molar-refractivity contribution in [2.45, 2.75) is 51.5 Å². The third kappa shape index (κ3) is 2.74. The van der Waals surface area contributed by atoms with Crippen molar-refractivity contribution in [3.8, 4) is 0 Å². The van der Waals surface area contributed by atoms with Gasteiger partial charge in [-0.15, -0.1) is 0 Å². The van der Waals surface area contributed by atoms with Gasteiger partial charge < -0.3 is 10.6 Å². The topological polar surface area (TPSA) is 66.9 Å². The number of rotatable bonds is 4. The second-order valence-electron chi connectivity index (χ2n) is 6.65. The van der Waals surface area contributed by atoms with E-state index in [-0.39, 0.29) is 11.8 Å². The Morgan fingerprint density at radius 1 is 1.33 bits per heavy atom. The minimum Gasteiger partial charge on any atom is -0.385 e. The third-order valence-corrected chi connectivity index (χ3v) is 4.86. The van der Waals surface area contributed by atoms with E-state index in [4.69, 9.17) is 0 Å². The van der Waals surface area contributed by atoms with Crippen LogP contribution in [-0.2, 0) is 0 Å². The zero-order chi connectivity index (χ0) is 15.0. The van der Waals surface area contributed by atoms with E-state index < -0.39 is 0 Å². The Morgan fingerprint density at radius 2 is 2.14 bits per heavy atom. The second kappa shape index (κ2) is 5.62. The standard InChI is InChI=1S/C16H24N4O/c1-9(2)15-18-8-13(17-3)14(20-15)16(21)19-12-7-10-4-5-11(12)6-10/h8-12,17H,4-7H2,1-3H3,(H,19,21). The number of aromatic nitrogens is 2. The van der Waals surface area contributed by atoms with Crippen LogP contribution in [0, 0.1) is 11.8 Å². The first-order chi connectivity index (χ1) is 10.1. The Hall–Kier alpha value is -1.65. The first-order valence-electron chi connectivity index (χ1n) is 7.94. The lowest BCUT2D eigenvalue weighted by Crippen LogP contribution is -2.39. The predicted molar refractivity (Wildman–Crippen MR) is 82.4 cm³/mol. The largest absolute Gasteiger partial charge is 0.385 e. The summed E-state index contributed by atoms with van der Waals surface area (Å²) in [6, 6.07) is 0.332. The van der Waals surface area contributed by atoms with Crippen molar-refractivity contribution in [1.29, 1.82) is 0 Å². The fourth-order valence-electron chi connectivity index (χ4n) is 3.69. The molecular weight excluding hydrogens is 264 g/mol. The number of fused-ring (bicyclic) bond motifs is 2. The number of hydrogen-bond acceptors (Lipinski definition) is 4.